The Labute approximate surface area is 76.3 Å². The average Bonchev–Trinajstić information content (AvgIpc) is 2.28. The molecule has 1 rings (SSSR count). The minimum atomic E-state index is -1.01. The minimum Gasteiger partial charge on any atom is -0.479 e. The van der Waals surface area contributed by atoms with Crippen molar-refractivity contribution in [1.29, 1.82) is 0 Å². The van der Waals surface area contributed by atoms with E-state index in [4.69, 9.17) is 9.84 Å². The van der Waals surface area contributed by atoms with E-state index in [2.05, 4.69) is 0 Å². The van der Waals surface area contributed by atoms with E-state index in [0.717, 1.165) is 0 Å². The number of amides is 1. The minimum absolute atomic E-state index is 0.100. The zero-order valence-electron chi connectivity index (χ0n) is 7.52. The monoisotopic (exact) mass is 187 g/mol. The van der Waals surface area contributed by atoms with Crippen molar-refractivity contribution in [2.75, 3.05) is 19.7 Å². The molecule has 0 radical (unpaired) electrons. The van der Waals surface area contributed by atoms with Crippen molar-refractivity contribution in [3.63, 3.8) is 0 Å². The van der Waals surface area contributed by atoms with Crippen LogP contribution in [0.1, 0.15) is 13.3 Å². The molecule has 0 aromatic carbocycles. The molecule has 5 heteroatoms. The predicted octanol–water partition coefficient (Wildman–Crippen LogP) is -0.292. The maximum atomic E-state index is 11.0. The van der Waals surface area contributed by atoms with Crippen LogP contribution >= 0.6 is 0 Å². The van der Waals surface area contributed by atoms with Gasteiger partial charge in [0.2, 0.25) is 5.91 Å². The van der Waals surface area contributed by atoms with Crippen LogP contribution in [0.15, 0.2) is 0 Å². The summed E-state index contributed by atoms with van der Waals surface area (Å²) in [5, 5.41) is 8.70. The summed E-state index contributed by atoms with van der Waals surface area (Å²) in [6.07, 6.45) is -0.171. The lowest BCUT2D eigenvalue weighted by molar-refractivity contribution is -0.151. The van der Waals surface area contributed by atoms with Crippen LogP contribution in [0.25, 0.3) is 0 Å². The molecule has 1 saturated heterocycles. The van der Waals surface area contributed by atoms with Crippen LogP contribution in [0, 0.1) is 0 Å². The van der Waals surface area contributed by atoms with Gasteiger partial charge in [-0.15, -0.1) is 0 Å². The molecule has 1 atom stereocenters. The van der Waals surface area contributed by atoms with Gasteiger partial charge in [-0.05, 0) is 6.42 Å². The van der Waals surface area contributed by atoms with E-state index < -0.39 is 12.1 Å². The van der Waals surface area contributed by atoms with Crippen LogP contribution in [0.5, 0.6) is 0 Å². The Bertz CT molecular complexity index is 194. The number of carboxylic acid groups (broad SMARTS) is 1. The van der Waals surface area contributed by atoms with Gasteiger partial charge in [-0.3, -0.25) is 4.79 Å². The molecule has 13 heavy (non-hydrogen) atoms. The van der Waals surface area contributed by atoms with Gasteiger partial charge in [0.25, 0.3) is 0 Å². The topological polar surface area (TPSA) is 66.8 Å². The summed E-state index contributed by atoms with van der Waals surface area (Å²) in [5.74, 6) is -1.11. The molecular formula is C8H13NO4. The number of carbonyl (C=O) groups excluding carboxylic acids is 1. The van der Waals surface area contributed by atoms with Crippen molar-refractivity contribution in [1.82, 2.24) is 4.90 Å². The van der Waals surface area contributed by atoms with Gasteiger partial charge in [-0.1, -0.05) is 0 Å². The van der Waals surface area contributed by atoms with Gasteiger partial charge in [-0.2, -0.15) is 0 Å². The average molecular weight is 187 g/mol. The lowest BCUT2D eigenvalue weighted by Crippen LogP contribution is -2.38. The maximum Gasteiger partial charge on any atom is 0.334 e. The van der Waals surface area contributed by atoms with E-state index >= 15 is 0 Å². The van der Waals surface area contributed by atoms with Crippen molar-refractivity contribution in [2.45, 2.75) is 19.4 Å². The molecule has 5 nitrogen and oxygen atoms in total. The second kappa shape index (κ2) is 4.23. The van der Waals surface area contributed by atoms with Crippen molar-refractivity contribution >= 4 is 11.9 Å². The van der Waals surface area contributed by atoms with E-state index in [9.17, 15) is 9.59 Å². The van der Waals surface area contributed by atoms with Gasteiger partial charge >= 0.3 is 5.97 Å². The molecule has 1 N–H and O–H groups in total. The zero-order valence-corrected chi connectivity index (χ0v) is 7.52. The third-order valence-corrected chi connectivity index (χ3v) is 2.00. The quantitative estimate of drug-likeness (QED) is 0.612. The zero-order chi connectivity index (χ0) is 9.84. The number of ether oxygens (including phenoxy) is 1. The molecule has 1 fully saturated rings. The summed E-state index contributed by atoms with van der Waals surface area (Å²) < 4.78 is 5.05. The molecule has 0 aromatic rings. The van der Waals surface area contributed by atoms with Gasteiger partial charge in [0.15, 0.2) is 6.10 Å². The summed E-state index contributed by atoms with van der Waals surface area (Å²) in [7, 11) is 0. The van der Waals surface area contributed by atoms with Gasteiger partial charge in [0.1, 0.15) is 0 Å². The van der Waals surface area contributed by atoms with Gasteiger partial charge in [0.05, 0.1) is 6.54 Å². The molecule has 0 aliphatic carbocycles. The van der Waals surface area contributed by atoms with Gasteiger partial charge in [-0.25, -0.2) is 4.79 Å². The summed E-state index contributed by atoms with van der Waals surface area (Å²) in [4.78, 5) is 23.1. The first-order valence-corrected chi connectivity index (χ1v) is 4.21. The molecular weight excluding hydrogens is 174 g/mol. The van der Waals surface area contributed by atoms with E-state index in [0.29, 0.717) is 19.6 Å². The van der Waals surface area contributed by atoms with Gasteiger partial charge < -0.3 is 14.7 Å². The first-order valence-electron chi connectivity index (χ1n) is 4.21. The Morgan fingerprint density at radius 2 is 2.23 bits per heavy atom. The van der Waals surface area contributed by atoms with E-state index in [1.165, 1.54) is 11.8 Å². The summed E-state index contributed by atoms with van der Waals surface area (Å²) in [6, 6.07) is 0. The molecule has 74 valence electrons. The third kappa shape index (κ3) is 2.69. The number of hydrogen-bond acceptors (Lipinski definition) is 3. The van der Waals surface area contributed by atoms with Crippen LogP contribution in [0.3, 0.4) is 0 Å². The Kier molecular flexibility index (Phi) is 3.25. The number of carbonyl (C=O) groups is 2. The molecule has 0 aromatic heterocycles. The number of hydrogen-bond donors (Lipinski definition) is 1. The predicted molar refractivity (Wildman–Crippen MR) is 44.2 cm³/mol. The fourth-order valence-electron chi connectivity index (χ4n) is 1.26. The lowest BCUT2D eigenvalue weighted by atomic mass is 10.3. The molecule has 0 spiro atoms. The van der Waals surface area contributed by atoms with Crippen LogP contribution in [0.4, 0.5) is 0 Å². The molecule has 0 unspecified atom stereocenters. The van der Waals surface area contributed by atoms with Crippen LogP contribution < -0.4 is 0 Å². The molecule has 1 aliphatic heterocycles. The normalized spacial score (nSPS) is 23.8. The van der Waals surface area contributed by atoms with Crippen LogP contribution in [0.2, 0.25) is 0 Å². The van der Waals surface area contributed by atoms with Crippen LogP contribution in [-0.2, 0) is 14.3 Å². The molecule has 1 heterocycles. The maximum absolute atomic E-state index is 11.0. The van der Waals surface area contributed by atoms with Crippen molar-refractivity contribution in [3.05, 3.63) is 0 Å². The Morgan fingerprint density at radius 3 is 2.77 bits per heavy atom. The number of rotatable bonds is 1. The lowest BCUT2D eigenvalue weighted by Gasteiger charge is -2.19. The van der Waals surface area contributed by atoms with Crippen molar-refractivity contribution < 1.29 is 19.4 Å². The smallest absolute Gasteiger partial charge is 0.334 e. The second-order valence-corrected chi connectivity index (χ2v) is 3.02. The summed E-state index contributed by atoms with van der Waals surface area (Å²) in [6.45, 7) is 2.58. The van der Waals surface area contributed by atoms with E-state index in [-0.39, 0.29) is 12.5 Å². The second-order valence-electron chi connectivity index (χ2n) is 3.02. The highest BCUT2D eigenvalue weighted by Crippen LogP contribution is 2.06. The van der Waals surface area contributed by atoms with E-state index in [1.807, 2.05) is 0 Å². The SMILES string of the molecule is CC(=O)N1CCCO[C@H](C(=O)O)C1. The highest BCUT2D eigenvalue weighted by atomic mass is 16.5. The summed E-state index contributed by atoms with van der Waals surface area (Å²) in [5.41, 5.74) is 0. The van der Waals surface area contributed by atoms with Crippen molar-refractivity contribution in [2.24, 2.45) is 0 Å². The number of nitrogens with zero attached hydrogens (tertiary/aromatic N) is 1. The van der Waals surface area contributed by atoms with Crippen molar-refractivity contribution in [3.8, 4) is 0 Å². The Balaban J connectivity index is 2.59. The molecule has 1 aliphatic rings. The fourth-order valence-corrected chi connectivity index (χ4v) is 1.26. The highest BCUT2D eigenvalue weighted by Gasteiger charge is 2.25. The molecule has 0 saturated carbocycles. The van der Waals surface area contributed by atoms with Gasteiger partial charge in [0, 0.05) is 20.1 Å². The Hall–Kier alpha value is -1.10. The van der Waals surface area contributed by atoms with Crippen LogP contribution in [-0.4, -0.2) is 47.7 Å². The number of aliphatic carboxylic acids is 1. The standard InChI is InChI=1S/C8H13NO4/c1-6(10)9-3-2-4-13-7(5-9)8(11)12/h7H,2-5H2,1H3,(H,11,12)/t7-/m0/s1. The fraction of sp³-hybridized carbons (Fsp3) is 0.750. The first kappa shape index (κ1) is 9.98. The number of carboxylic acids is 1. The molecule has 1 amide bonds. The summed E-state index contributed by atoms with van der Waals surface area (Å²) >= 11 is 0. The molecule has 0 bridgehead atoms. The largest absolute Gasteiger partial charge is 0.479 e. The highest BCUT2D eigenvalue weighted by molar-refractivity contribution is 5.76. The first-order chi connectivity index (χ1) is 6.11. The van der Waals surface area contributed by atoms with E-state index in [1.54, 1.807) is 0 Å². The Morgan fingerprint density at radius 1 is 1.54 bits per heavy atom. The third-order valence-electron chi connectivity index (χ3n) is 2.00.